The number of benzene rings is 1. The van der Waals surface area contributed by atoms with Crippen molar-refractivity contribution in [3.05, 3.63) is 29.0 Å². The highest BCUT2D eigenvalue weighted by atomic mass is 32.2. The van der Waals surface area contributed by atoms with E-state index in [2.05, 4.69) is 27.6 Å². The quantitative estimate of drug-likeness (QED) is 0.816. The zero-order chi connectivity index (χ0) is 18.6. The molecule has 0 saturated heterocycles. The van der Waals surface area contributed by atoms with Gasteiger partial charge >= 0.3 is 0 Å². The number of nitrogens with one attached hydrogen (secondary N) is 1. The fraction of sp³-hybridized carbons (Fsp3) is 0.500. The molecule has 1 aromatic heterocycles. The fourth-order valence-electron chi connectivity index (χ4n) is 3.81. The standard InChI is InChI=1S/C18H24N4O2S2/c1-10-17(25-18(19)20-10)13-6-14-8-22(11(2)12-4-5-12)9-15(14)16(7-13)21-26(3,23)24/h6-7,11-12,21H,4-5,8-9H2,1-3H3,(H2,19,20). The molecule has 26 heavy (non-hydrogen) atoms. The van der Waals surface area contributed by atoms with Gasteiger partial charge < -0.3 is 5.73 Å². The molecule has 2 aliphatic rings. The first kappa shape index (κ1) is 17.8. The molecule has 1 aromatic carbocycles. The van der Waals surface area contributed by atoms with Crippen LogP contribution in [0.15, 0.2) is 12.1 Å². The maximum absolute atomic E-state index is 11.9. The summed E-state index contributed by atoms with van der Waals surface area (Å²) in [7, 11) is -3.35. The first-order valence-electron chi connectivity index (χ1n) is 8.82. The topological polar surface area (TPSA) is 88.3 Å². The van der Waals surface area contributed by atoms with Crippen molar-refractivity contribution < 1.29 is 8.42 Å². The number of anilines is 2. The van der Waals surface area contributed by atoms with Crippen molar-refractivity contribution in [2.45, 2.75) is 45.8 Å². The van der Waals surface area contributed by atoms with Gasteiger partial charge in [-0.1, -0.05) is 11.3 Å². The minimum absolute atomic E-state index is 0.526. The number of nitrogens with two attached hydrogens (primary N) is 1. The summed E-state index contributed by atoms with van der Waals surface area (Å²) in [4.78, 5) is 7.75. The summed E-state index contributed by atoms with van der Waals surface area (Å²) >= 11 is 1.44. The van der Waals surface area contributed by atoms with Crippen LogP contribution in [-0.2, 0) is 23.1 Å². The van der Waals surface area contributed by atoms with Crippen LogP contribution < -0.4 is 10.5 Å². The van der Waals surface area contributed by atoms with E-state index >= 15 is 0 Å². The van der Waals surface area contributed by atoms with E-state index in [1.54, 1.807) is 0 Å². The summed E-state index contributed by atoms with van der Waals surface area (Å²) in [6, 6.07) is 4.62. The number of nitrogen functional groups attached to an aromatic ring is 1. The van der Waals surface area contributed by atoms with Crippen LogP contribution in [0.3, 0.4) is 0 Å². The Hall–Kier alpha value is -1.64. The minimum atomic E-state index is -3.35. The largest absolute Gasteiger partial charge is 0.375 e. The fourth-order valence-corrected chi connectivity index (χ4v) is 5.21. The summed E-state index contributed by atoms with van der Waals surface area (Å²) < 4.78 is 26.5. The van der Waals surface area contributed by atoms with E-state index < -0.39 is 10.0 Å². The Labute approximate surface area is 158 Å². The van der Waals surface area contributed by atoms with Crippen molar-refractivity contribution in [3.63, 3.8) is 0 Å². The molecule has 2 heterocycles. The molecule has 1 aliphatic heterocycles. The van der Waals surface area contributed by atoms with Crippen molar-refractivity contribution in [2.24, 2.45) is 5.92 Å². The normalized spacial score (nSPS) is 18.7. The second-order valence-electron chi connectivity index (χ2n) is 7.49. The number of hydrogen-bond acceptors (Lipinski definition) is 6. The molecule has 1 aliphatic carbocycles. The molecule has 1 unspecified atom stereocenters. The molecule has 0 bridgehead atoms. The second kappa shape index (κ2) is 6.21. The third-order valence-electron chi connectivity index (χ3n) is 5.33. The van der Waals surface area contributed by atoms with Gasteiger partial charge in [-0.05, 0) is 61.4 Å². The van der Waals surface area contributed by atoms with Gasteiger partial charge in [0.05, 0.1) is 22.5 Å². The zero-order valence-corrected chi connectivity index (χ0v) is 16.9. The lowest BCUT2D eigenvalue weighted by Crippen LogP contribution is -2.29. The molecule has 140 valence electrons. The molecule has 3 N–H and O–H groups in total. The Bertz CT molecular complexity index is 964. The van der Waals surface area contributed by atoms with E-state index in [1.165, 1.54) is 36.0 Å². The van der Waals surface area contributed by atoms with Crippen molar-refractivity contribution in [3.8, 4) is 10.4 Å². The third kappa shape index (κ3) is 3.45. The minimum Gasteiger partial charge on any atom is -0.375 e. The molecule has 0 radical (unpaired) electrons. The van der Waals surface area contributed by atoms with Crippen LogP contribution in [0.2, 0.25) is 0 Å². The van der Waals surface area contributed by atoms with Crippen LogP contribution in [0.25, 0.3) is 10.4 Å². The molecule has 6 nitrogen and oxygen atoms in total. The van der Waals surface area contributed by atoms with Crippen molar-refractivity contribution in [2.75, 3.05) is 16.7 Å². The van der Waals surface area contributed by atoms with Gasteiger partial charge in [-0.2, -0.15) is 0 Å². The van der Waals surface area contributed by atoms with Crippen molar-refractivity contribution >= 4 is 32.2 Å². The number of aromatic nitrogens is 1. The Morgan fingerprint density at radius 1 is 1.35 bits per heavy atom. The van der Waals surface area contributed by atoms with Gasteiger partial charge in [0, 0.05) is 19.1 Å². The zero-order valence-electron chi connectivity index (χ0n) is 15.2. The van der Waals surface area contributed by atoms with Gasteiger partial charge in [0.15, 0.2) is 5.13 Å². The summed E-state index contributed by atoms with van der Waals surface area (Å²) in [5.74, 6) is 0.777. The summed E-state index contributed by atoms with van der Waals surface area (Å²) in [5, 5.41) is 0.527. The molecule has 2 aromatic rings. The lowest BCUT2D eigenvalue weighted by Gasteiger charge is -2.23. The van der Waals surface area contributed by atoms with Gasteiger partial charge in [-0.25, -0.2) is 13.4 Å². The Morgan fingerprint density at radius 3 is 2.65 bits per heavy atom. The van der Waals surface area contributed by atoms with Gasteiger partial charge in [0.1, 0.15) is 0 Å². The van der Waals surface area contributed by atoms with E-state index in [9.17, 15) is 8.42 Å². The van der Waals surface area contributed by atoms with Gasteiger partial charge in [0.2, 0.25) is 10.0 Å². The lowest BCUT2D eigenvalue weighted by molar-refractivity contribution is 0.192. The molecule has 1 saturated carbocycles. The van der Waals surface area contributed by atoms with Gasteiger partial charge in [-0.15, -0.1) is 0 Å². The van der Waals surface area contributed by atoms with E-state index in [0.717, 1.165) is 40.7 Å². The van der Waals surface area contributed by atoms with E-state index in [-0.39, 0.29) is 0 Å². The SMILES string of the molecule is Cc1nc(N)sc1-c1cc2c(c(NS(C)(=O)=O)c1)CN(C(C)C1CC1)C2. The number of hydrogen-bond donors (Lipinski definition) is 2. The molecule has 1 fully saturated rings. The van der Waals surface area contributed by atoms with E-state index in [0.29, 0.717) is 16.9 Å². The van der Waals surface area contributed by atoms with Crippen LogP contribution in [0.4, 0.5) is 10.8 Å². The molecule has 1 atom stereocenters. The van der Waals surface area contributed by atoms with Crippen molar-refractivity contribution in [1.29, 1.82) is 0 Å². The van der Waals surface area contributed by atoms with Crippen molar-refractivity contribution in [1.82, 2.24) is 9.88 Å². The Kier molecular flexibility index (Phi) is 4.24. The van der Waals surface area contributed by atoms with Crippen LogP contribution in [0.1, 0.15) is 36.6 Å². The molecular formula is C18H24N4O2S2. The van der Waals surface area contributed by atoms with E-state index in [4.69, 9.17) is 5.73 Å². The maximum Gasteiger partial charge on any atom is 0.229 e. The predicted octanol–water partition coefficient (Wildman–Crippen LogP) is 3.19. The molecule has 8 heteroatoms. The maximum atomic E-state index is 11.9. The monoisotopic (exact) mass is 392 g/mol. The van der Waals surface area contributed by atoms with Crippen LogP contribution in [0, 0.1) is 12.8 Å². The smallest absolute Gasteiger partial charge is 0.229 e. The highest BCUT2D eigenvalue weighted by Crippen LogP contribution is 2.42. The number of nitrogens with zero attached hydrogens (tertiary/aromatic N) is 2. The Balaban J connectivity index is 1.76. The predicted molar refractivity (Wildman–Crippen MR) is 107 cm³/mol. The highest BCUT2D eigenvalue weighted by molar-refractivity contribution is 7.92. The average Bonchev–Trinajstić information content (AvgIpc) is 3.20. The highest BCUT2D eigenvalue weighted by Gasteiger charge is 2.35. The second-order valence-corrected chi connectivity index (χ2v) is 10.3. The molecule has 4 rings (SSSR count). The number of fused-ring (bicyclic) bond motifs is 1. The summed E-state index contributed by atoms with van der Waals surface area (Å²) in [5.41, 5.74) is 10.7. The van der Waals surface area contributed by atoms with Gasteiger partial charge in [-0.3, -0.25) is 9.62 Å². The average molecular weight is 393 g/mol. The van der Waals surface area contributed by atoms with Crippen LogP contribution in [-0.4, -0.2) is 30.6 Å². The Morgan fingerprint density at radius 2 is 2.08 bits per heavy atom. The summed E-state index contributed by atoms with van der Waals surface area (Å²) in [6.45, 7) is 5.85. The third-order valence-corrected chi connectivity index (χ3v) is 6.95. The number of aryl methyl sites for hydroxylation is 1. The van der Waals surface area contributed by atoms with Crippen LogP contribution >= 0.6 is 11.3 Å². The first-order valence-corrected chi connectivity index (χ1v) is 11.5. The number of thiazole rings is 1. The molecule has 0 spiro atoms. The lowest BCUT2D eigenvalue weighted by atomic mass is 10.0. The van der Waals surface area contributed by atoms with Crippen LogP contribution in [0.5, 0.6) is 0 Å². The first-order chi connectivity index (χ1) is 12.2. The van der Waals surface area contributed by atoms with E-state index in [1.807, 2.05) is 13.0 Å². The number of rotatable bonds is 5. The number of sulfonamides is 1. The molecule has 0 amide bonds. The molecular weight excluding hydrogens is 368 g/mol. The summed E-state index contributed by atoms with van der Waals surface area (Å²) in [6.07, 6.45) is 3.79. The van der Waals surface area contributed by atoms with Gasteiger partial charge in [0.25, 0.3) is 0 Å².